The molecule has 0 atom stereocenters. The van der Waals surface area contributed by atoms with E-state index in [1.807, 2.05) is 31.3 Å². The fourth-order valence-corrected chi connectivity index (χ4v) is 2.05. The first-order chi connectivity index (χ1) is 8.75. The summed E-state index contributed by atoms with van der Waals surface area (Å²) < 4.78 is 0. The molecule has 4 heteroatoms. The van der Waals surface area contributed by atoms with Crippen LogP contribution >= 0.6 is 0 Å². The predicted molar refractivity (Wildman–Crippen MR) is 71.9 cm³/mol. The molecule has 18 heavy (non-hydrogen) atoms. The summed E-state index contributed by atoms with van der Waals surface area (Å²) in [7, 11) is 0. The van der Waals surface area contributed by atoms with E-state index in [4.69, 9.17) is 5.73 Å². The lowest BCUT2D eigenvalue weighted by atomic mass is 10.0. The third-order valence-corrected chi connectivity index (χ3v) is 2.93. The first-order valence-electron chi connectivity index (χ1n) is 5.68. The third kappa shape index (κ3) is 1.68. The van der Waals surface area contributed by atoms with E-state index in [-0.39, 0.29) is 5.95 Å². The molecule has 0 bridgehead atoms. The first kappa shape index (κ1) is 10.7. The number of benzene rings is 1. The zero-order chi connectivity index (χ0) is 12.5. The fraction of sp³-hybridized carbons (Fsp3) is 0.0714. The lowest BCUT2D eigenvalue weighted by Gasteiger charge is -2.08. The van der Waals surface area contributed by atoms with Crippen LogP contribution in [0.5, 0.6) is 0 Å². The molecule has 3 aromatic rings. The van der Waals surface area contributed by atoms with Crippen molar-refractivity contribution in [3.05, 3.63) is 48.4 Å². The minimum Gasteiger partial charge on any atom is -0.368 e. The topological polar surface area (TPSA) is 64.7 Å². The average Bonchev–Trinajstić information content (AvgIpc) is 2.41. The highest BCUT2D eigenvalue weighted by atomic mass is 15.0. The van der Waals surface area contributed by atoms with Crippen LogP contribution < -0.4 is 5.73 Å². The first-order valence-corrected chi connectivity index (χ1v) is 5.68. The fourth-order valence-electron chi connectivity index (χ4n) is 2.05. The normalized spacial score (nSPS) is 10.7. The quantitative estimate of drug-likeness (QED) is 0.705. The minimum atomic E-state index is 0.288. The maximum Gasteiger partial charge on any atom is 0.220 e. The van der Waals surface area contributed by atoms with Crippen molar-refractivity contribution in [2.24, 2.45) is 0 Å². The molecule has 4 nitrogen and oxygen atoms in total. The molecule has 2 aromatic heterocycles. The van der Waals surface area contributed by atoms with Crippen LogP contribution in [0.2, 0.25) is 0 Å². The summed E-state index contributed by atoms with van der Waals surface area (Å²) in [4.78, 5) is 12.5. The second-order valence-corrected chi connectivity index (χ2v) is 4.16. The van der Waals surface area contributed by atoms with Crippen LogP contribution in [-0.4, -0.2) is 15.0 Å². The summed E-state index contributed by atoms with van der Waals surface area (Å²) in [5.74, 6) is 0.288. The second-order valence-electron chi connectivity index (χ2n) is 4.16. The molecule has 0 saturated carbocycles. The number of anilines is 1. The van der Waals surface area contributed by atoms with E-state index in [0.29, 0.717) is 0 Å². The van der Waals surface area contributed by atoms with Gasteiger partial charge in [0.15, 0.2) is 0 Å². The highest BCUT2D eigenvalue weighted by Crippen LogP contribution is 2.28. The molecule has 0 fully saturated rings. The van der Waals surface area contributed by atoms with Crippen molar-refractivity contribution >= 4 is 16.7 Å². The summed E-state index contributed by atoms with van der Waals surface area (Å²) in [6, 6.07) is 8.08. The lowest BCUT2D eigenvalue weighted by molar-refractivity contribution is 1.15. The molecule has 0 unspecified atom stereocenters. The van der Waals surface area contributed by atoms with Gasteiger partial charge in [0.2, 0.25) is 5.95 Å². The van der Waals surface area contributed by atoms with Crippen molar-refractivity contribution in [1.82, 2.24) is 15.0 Å². The molecule has 0 spiro atoms. The zero-order valence-corrected chi connectivity index (χ0v) is 9.96. The molecule has 0 radical (unpaired) electrons. The van der Waals surface area contributed by atoms with Crippen molar-refractivity contribution in [3.63, 3.8) is 0 Å². The molecule has 3 rings (SSSR count). The number of hydrogen-bond acceptors (Lipinski definition) is 4. The van der Waals surface area contributed by atoms with Gasteiger partial charge in [-0.3, -0.25) is 4.98 Å². The Morgan fingerprint density at radius 3 is 2.89 bits per heavy atom. The molecular formula is C14H12N4. The number of nitrogen functional groups attached to an aromatic ring is 1. The Labute approximate surface area is 105 Å². The van der Waals surface area contributed by atoms with Gasteiger partial charge in [0.05, 0.1) is 5.69 Å². The Morgan fingerprint density at radius 1 is 1.11 bits per heavy atom. The standard InChI is InChI=1S/C14H12N4/c1-9-7-17-14(15)18-13(9)11-4-2-3-10-5-6-16-8-12(10)11/h2-8H,1H3,(H2,15,17,18). The average molecular weight is 236 g/mol. The maximum atomic E-state index is 5.67. The van der Waals surface area contributed by atoms with Crippen LogP contribution in [0.4, 0.5) is 5.95 Å². The van der Waals surface area contributed by atoms with Gasteiger partial charge < -0.3 is 5.73 Å². The van der Waals surface area contributed by atoms with E-state index in [1.165, 1.54) is 0 Å². The Balaban J connectivity index is 2.35. The van der Waals surface area contributed by atoms with E-state index in [9.17, 15) is 0 Å². The van der Waals surface area contributed by atoms with Crippen molar-refractivity contribution in [3.8, 4) is 11.3 Å². The van der Waals surface area contributed by atoms with Crippen LogP contribution in [0.3, 0.4) is 0 Å². The van der Waals surface area contributed by atoms with Gasteiger partial charge in [0, 0.05) is 29.5 Å². The van der Waals surface area contributed by atoms with E-state index in [2.05, 4.69) is 21.0 Å². The number of aromatic nitrogens is 3. The van der Waals surface area contributed by atoms with Gasteiger partial charge in [-0.15, -0.1) is 0 Å². The summed E-state index contributed by atoms with van der Waals surface area (Å²) in [6.45, 7) is 1.98. The van der Waals surface area contributed by atoms with E-state index < -0.39 is 0 Å². The molecule has 2 N–H and O–H groups in total. The summed E-state index contributed by atoms with van der Waals surface area (Å²) in [6.07, 6.45) is 5.38. The molecule has 1 aromatic carbocycles. The monoisotopic (exact) mass is 236 g/mol. The van der Waals surface area contributed by atoms with Gasteiger partial charge in [-0.05, 0) is 23.9 Å². The number of nitrogens with zero attached hydrogens (tertiary/aromatic N) is 3. The SMILES string of the molecule is Cc1cnc(N)nc1-c1cccc2ccncc12. The number of aryl methyl sites for hydroxylation is 1. The Morgan fingerprint density at radius 2 is 2.00 bits per heavy atom. The van der Waals surface area contributed by atoms with Gasteiger partial charge in [-0.1, -0.05) is 18.2 Å². The molecule has 2 heterocycles. The number of fused-ring (bicyclic) bond motifs is 1. The van der Waals surface area contributed by atoms with Crippen LogP contribution in [0.15, 0.2) is 42.9 Å². The van der Waals surface area contributed by atoms with Crippen molar-refractivity contribution in [1.29, 1.82) is 0 Å². The number of rotatable bonds is 1. The van der Waals surface area contributed by atoms with E-state index >= 15 is 0 Å². The summed E-state index contributed by atoms with van der Waals surface area (Å²) >= 11 is 0. The van der Waals surface area contributed by atoms with Gasteiger partial charge in [-0.2, -0.15) is 0 Å². The van der Waals surface area contributed by atoms with Crippen LogP contribution in [0, 0.1) is 6.92 Å². The highest BCUT2D eigenvalue weighted by molar-refractivity contribution is 5.95. The van der Waals surface area contributed by atoms with Crippen LogP contribution in [0.1, 0.15) is 5.56 Å². The van der Waals surface area contributed by atoms with Crippen molar-refractivity contribution < 1.29 is 0 Å². The molecular weight excluding hydrogens is 224 g/mol. The van der Waals surface area contributed by atoms with Crippen LogP contribution in [0.25, 0.3) is 22.0 Å². The maximum absolute atomic E-state index is 5.67. The van der Waals surface area contributed by atoms with Gasteiger partial charge >= 0.3 is 0 Å². The Hall–Kier alpha value is -2.49. The van der Waals surface area contributed by atoms with E-state index in [1.54, 1.807) is 12.4 Å². The van der Waals surface area contributed by atoms with Gasteiger partial charge in [0.25, 0.3) is 0 Å². The number of hydrogen-bond donors (Lipinski definition) is 1. The molecule has 0 aliphatic heterocycles. The van der Waals surface area contributed by atoms with Crippen LogP contribution in [-0.2, 0) is 0 Å². The molecule has 88 valence electrons. The molecule has 0 aliphatic carbocycles. The number of nitrogens with two attached hydrogens (primary N) is 1. The third-order valence-electron chi connectivity index (χ3n) is 2.93. The molecule has 0 amide bonds. The minimum absolute atomic E-state index is 0.288. The smallest absolute Gasteiger partial charge is 0.220 e. The predicted octanol–water partition coefficient (Wildman–Crippen LogP) is 2.58. The molecule has 0 aliphatic rings. The second kappa shape index (κ2) is 4.07. The molecule has 0 saturated heterocycles. The van der Waals surface area contributed by atoms with E-state index in [0.717, 1.165) is 27.6 Å². The Bertz CT molecular complexity index is 717. The van der Waals surface area contributed by atoms with Gasteiger partial charge in [0.1, 0.15) is 0 Å². The van der Waals surface area contributed by atoms with Gasteiger partial charge in [-0.25, -0.2) is 9.97 Å². The Kier molecular flexibility index (Phi) is 2.41. The highest BCUT2D eigenvalue weighted by Gasteiger charge is 2.08. The largest absolute Gasteiger partial charge is 0.368 e. The summed E-state index contributed by atoms with van der Waals surface area (Å²) in [5.41, 5.74) is 8.57. The van der Waals surface area contributed by atoms with Crippen molar-refractivity contribution in [2.75, 3.05) is 5.73 Å². The summed E-state index contributed by atoms with van der Waals surface area (Å²) in [5, 5.41) is 2.21. The van der Waals surface area contributed by atoms with Crippen molar-refractivity contribution in [2.45, 2.75) is 6.92 Å². The number of pyridine rings is 1. The zero-order valence-electron chi connectivity index (χ0n) is 9.96. The lowest BCUT2D eigenvalue weighted by Crippen LogP contribution is -1.98.